The first-order chi connectivity index (χ1) is 7.99. The van der Waals surface area contributed by atoms with E-state index in [4.69, 9.17) is 23.2 Å². The number of rotatable bonds is 3. The molecule has 3 nitrogen and oxygen atoms in total. The van der Waals surface area contributed by atoms with Crippen molar-refractivity contribution in [1.29, 1.82) is 0 Å². The lowest BCUT2D eigenvalue weighted by atomic mass is 10.2. The average Bonchev–Trinajstić information content (AvgIpc) is 2.23. The second-order valence-electron chi connectivity index (χ2n) is 3.83. The number of halogens is 2. The molecule has 0 fully saturated rings. The van der Waals surface area contributed by atoms with Crippen molar-refractivity contribution in [2.75, 3.05) is 5.32 Å². The number of benzene rings is 1. The summed E-state index contributed by atoms with van der Waals surface area (Å²) in [6.07, 6.45) is 3.49. The molecule has 1 aromatic carbocycles. The highest BCUT2D eigenvalue weighted by molar-refractivity contribution is 6.42. The van der Waals surface area contributed by atoms with Crippen molar-refractivity contribution >= 4 is 34.9 Å². The molecule has 0 radical (unpaired) electrons. The third-order valence-electron chi connectivity index (χ3n) is 1.87. The zero-order valence-corrected chi connectivity index (χ0v) is 11.1. The number of hydrogen-bond acceptors (Lipinski definition) is 1. The van der Waals surface area contributed by atoms with Crippen LogP contribution in [0.15, 0.2) is 30.5 Å². The molecule has 0 unspecified atom stereocenters. The second kappa shape index (κ2) is 6.52. The summed E-state index contributed by atoms with van der Waals surface area (Å²) in [7, 11) is 0. The van der Waals surface area contributed by atoms with Gasteiger partial charge in [0.05, 0.1) is 10.0 Å². The van der Waals surface area contributed by atoms with Crippen molar-refractivity contribution in [2.24, 2.45) is 5.92 Å². The van der Waals surface area contributed by atoms with Gasteiger partial charge in [-0.2, -0.15) is 0 Å². The number of carbonyl (C=O) groups is 1. The van der Waals surface area contributed by atoms with Gasteiger partial charge in [0.25, 0.3) is 0 Å². The van der Waals surface area contributed by atoms with Crippen molar-refractivity contribution in [1.82, 2.24) is 5.32 Å². The Morgan fingerprint density at radius 3 is 2.59 bits per heavy atom. The maximum absolute atomic E-state index is 11.4. The summed E-state index contributed by atoms with van der Waals surface area (Å²) in [6, 6.07) is 4.58. The summed E-state index contributed by atoms with van der Waals surface area (Å²) in [6.45, 7) is 4.05. The molecule has 0 saturated heterocycles. The van der Waals surface area contributed by atoms with E-state index in [-0.39, 0.29) is 6.03 Å². The van der Waals surface area contributed by atoms with Gasteiger partial charge in [-0.15, -0.1) is 0 Å². The fourth-order valence-electron chi connectivity index (χ4n) is 1.06. The Bertz CT molecular complexity index is 431. The maximum Gasteiger partial charge on any atom is 0.323 e. The Labute approximate surface area is 111 Å². The van der Waals surface area contributed by atoms with Gasteiger partial charge in [-0.1, -0.05) is 43.1 Å². The van der Waals surface area contributed by atoms with Gasteiger partial charge >= 0.3 is 6.03 Å². The van der Waals surface area contributed by atoms with Crippen LogP contribution in [0, 0.1) is 5.92 Å². The lowest BCUT2D eigenvalue weighted by Gasteiger charge is -2.05. The van der Waals surface area contributed by atoms with Crippen LogP contribution in [0.1, 0.15) is 13.8 Å². The zero-order chi connectivity index (χ0) is 12.8. The molecule has 92 valence electrons. The van der Waals surface area contributed by atoms with Crippen LogP contribution in [0.25, 0.3) is 0 Å². The molecule has 5 heteroatoms. The number of carbonyl (C=O) groups excluding carboxylic acids is 1. The molecule has 2 amide bonds. The van der Waals surface area contributed by atoms with Gasteiger partial charge in [0.15, 0.2) is 0 Å². The van der Waals surface area contributed by atoms with E-state index in [0.717, 1.165) is 0 Å². The molecule has 0 aliphatic heterocycles. The Morgan fingerprint density at radius 1 is 1.29 bits per heavy atom. The molecule has 1 rings (SSSR count). The highest BCUT2D eigenvalue weighted by Crippen LogP contribution is 2.24. The van der Waals surface area contributed by atoms with Crippen LogP contribution in [0.2, 0.25) is 10.0 Å². The first-order valence-corrected chi connectivity index (χ1v) is 5.94. The molecule has 0 heterocycles. The van der Waals surface area contributed by atoms with E-state index in [2.05, 4.69) is 10.6 Å². The zero-order valence-electron chi connectivity index (χ0n) is 9.63. The fraction of sp³-hybridized carbons (Fsp3) is 0.250. The van der Waals surface area contributed by atoms with Gasteiger partial charge in [-0.3, -0.25) is 0 Å². The van der Waals surface area contributed by atoms with Gasteiger partial charge < -0.3 is 10.6 Å². The molecule has 0 saturated carbocycles. The predicted molar refractivity (Wildman–Crippen MR) is 72.6 cm³/mol. The number of allylic oxidation sites excluding steroid dienone is 1. The maximum atomic E-state index is 11.4. The van der Waals surface area contributed by atoms with E-state index in [9.17, 15) is 4.79 Å². The van der Waals surface area contributed by atoms with E-state index < -0.39 is 0 Å². The molecule has 0 spiro atoms. The van der Waals surface area contributed by atoms with Gasteiger partial charge in [0, 0.05) is 11.9 Å². The standard InChI is InChI=1S/C12H14Cl2N2O/c1-8(2)5-6-15-12(17)16-9-3-4-10(13)11(14)7-9/h3-8H,1-2H3,(H2,15,16,17)/b6-5+. The quantitative estimate of drug-likeness (QED) is 0.847. The molecule has 0 aliphatic rings. The molecule has 1 aromatic rings. The smallest absolute Gasteiger partial charge is 0.315 e. The average molecular weight is 273 g/mol. The summed E-state index contributed by atoms with van der Waals surface area (Å²) in [5, 5.41) is 6.09. The molecule has 0 atom stereocenters. The van der Waals surface area contributed by atoms with Crippen LogP contribution < -0.4 is 10.6 Å². The molecule has 0 aromatic heterocycles. The van der Waals surface area contributed by atoms with Crippen LogP contribution in [-0.2, 0) is 0 Å². The minimum atomic E-state index is -0.319. The highest BCUT2D eigenvalue weighted by Gasteiger charge is 2.02. The normalized spacial score (nSPS) is 10.9. The topological polar surface area (TPSA) is 41.1 Å². The Balaban J connectivity index is 2.53. The number of nitrogens with one attached hydrogen (secondary N) is 2. The molecule has 17 heavy (non-hydrogen) atoms. The second-order valence-corrected chi connectivity index (χ2v) is 4.64. The molecule has 2 N–H and O–H groups in total. The summed E-state index contributed by atoms with van der Waals surface area (Å²) >= 11 is 11.6. The van der Waals surface area contributed by atoms with Crippen LogP contribution in [0.3, 0.4) is 0 Å². The Morgan fingerprint density at radius 2 is 2.00 bits per heavy atom. The van der Waals surface area contributed by atoms with Crippen LogP contribution in [0.4, 0.5) is 10.5 Å². The number of anilines is 1. The van der Waals surface area contributed by atoms with Crippen molar-refractivity contribution in [2.45, 2.75) is 13.8 Å². The first-order valence-electron chi connectivity index (χ1n) is 5.18. The third-order valence-corrected chi connectivity index (χ3v) is 2.61. The van der Waals surface area contributed by atoms with Gasteiger partial charge in [0.1, 0.15) is 0 Å². The third kappa shape index (κ3) is 5.11. The van der Waals surface area contributed by atoms with E-state index in [1.165, 1.54) is 0 Å². The minimum absolute atomic E-state index is 0.319. The number of amides is 2. The van der Waals surface area contributed by atoms with Gasteiger partial charge in [-0.05, 0) is 24.1 Å². The van der Waals surface area contributed by atoms with Gasteiger partial charge in [0.2, 0.25) is 0 Å². The largest absolute Gasteiger partial charge is 0.323 e. The lowest BCUT2D eigenvalue weighted by molar-refractivity contribution is 0.255. The molecule has 0 bridgehead atoms. The minimum Gasteiger partial charge on any atom is -0.315 e. The fourth-order valence-corrected chi connectivity index (χ4v) is 1.36. The number of hydrogen-bond donors (Lipinski definition) is 2. The molecular weight excluding hydrogens is 259 g/mol. The van der Waals surface area contributed by atoms with Crippen molar-refractivity contribution in [3.05, 3.63) is 40.5 Å². The van der Waals surface area contributed by atoms with Crippen molar-refractivity contribution in [3.8, 4) is 0 Å². The van der Waals surface area contributed by atoms with Crippen LogP contribution in [-0.4, -0.2) is 6.03 Å². The van der Waals surface area contributed by atoms with Crippen LogP contribution >= 0.6 is 23.2 Å². The van der Waals surface area contributed by atoms with E-state index in [1.54, 1.807) is 24.4 Å². The van der Waals surface area contributed by atoms with Crippen LogP contribution in [0.5, 0.6) is 0 Å². The predicted octanol–water partition coefficient (Wildman–Crippen LogP) is 4.28. The Hall–Kier alpha value is -1.19. The monoisotopic (exact) mass is 272 g/mol. The molecule has 0 aliphatic carbocycles. The van der Waals surface area contributed by atoms with E-state index in [1.807, 2.05) is 19.9 Å². The van der Waals surface area contributed by atoms with Crippen molar-refractivity contribution < 1.29 is 4.79 Å². The summed E-state index contributed by atoms with van der Waals surface area (Å²) < 4.78 is 0. The summed E-state index contributed by atoms with van der Waals surface area (Å²) in [5.74, 6) is 0.389. The SMILES string of the molecule is CC(C)/C=C/NC(=O)Nc1ccc(Cl)c(Cl)c1. The van der Waals surface area contributed by atoms with E-state index >= 15 is 0 Å². The van der Waals surface area contributed by atoms with Crippen molar-refractivity contribution in [3.63, 3.8) is 0 Å². The Kier molecular flexibility index (Phi) is 5.32. The summed E-state index contributed by atoms with van der Waals surface area (Å²) in [5.41, 5.74) is 0.592. The molecular formula is C12H14Cl2N2O. The summed E-state index contributed by atoms with van der Waals surface area (Å²) in [4.78, 5) is 11.4. The van der Waals surface area contributed by atoms with E-state index in [0.29, 0.717) is 21.7 Å². The van der Waals surface area contributed by atoms with Gasteiger partial charge in [-0.25, -0.2) is 4.79 Å². The number of urea groups is 1. The lowest BCUT2D eigenvalue weighted by Crippen LogP contribution is -2.23. The highest BCUT2D eigenvalue weighted by atomic mass is 35.5. The first kappa shape index (κ1) is 13.9.